The van der Waals surface area contributed by atoms with Crippen LogP contribution in [0.1, 0.15) is 77.5 Å². The van der Waals surface area contributed by atoms with Gasteiger partial charge >= 0.3 is 0 Å². The molecule has 0 radical (unpaired) electrons. The molecule has 0 aromatic heterocycles. The third kappa shape index (κ3) is 10.4. The molecule has 12 atom stereocenters. The van der Waals surface area contributed by atoms with Crippen LogP contribution in [-0.2, 0) is 59.8 Å². The smallest absolute Gasteiger partial charge is 0.250 e. The number of ether oxygens (including phenoxy) is 3. The van der Waals surface area contributed by atoms with Gasteiger partial charge in [0.15, 0.2) is 17.2 Å². The molecule has 0 bridgehead atoms. The molecule has 12 heterocycles. The van der Waals surface area contributed by atoms with E-state index in [-0.39, 0.29) is 149 Å². The summed E-state index contributed by atoms with van der Waals surface area (Å²) < 4.78 is 15.6. The van der Waals surface area contributed by atoms with Crippen molar-refractivity contribution < 1.29 is 57.4 Å². The second-order valence-electron chi connectivity index (χ2n) is 31.7. The lowest BCUT2D eigenvalue weighted by Crippen LogP contribution is -2.54. The van der Waals surface area contributed by atoms with E-state index in [1.165, 1.54) is 57.7 Å². The minimum Gasteiger partial charge on any atom is -0.494 e. The third-order valence-electron chi connectivity index (χ3n) is 23.8. The lowest BCUT2D eigenvalue weighted by molar-refractivity contribution is -0.135. The van der Waals surface area contributed by atoms with Crippen LogP contribution in [0.4, 0.5) is 34.1 Å². The van der Waals surface area contributed by atoms with Crippen LogP contribution < -0.4 is 44.9 Å². The molecular formula is C75H63Cl12N9O12. The Labute approximate surface area is 679 Å². The van der Waals surface area contributed by atoms with Gasteiger partial charge in [0.25, 0.3) is 17.7 Å². The van der Waals surface area contributed by atoms with Gasteiger partial charge in [-0.2, -0.15) is 0 Å². The molecule has 564 valence electrons. The van der Waals surface area contributed by atoms with E-state index in [1.807, 2.05) is 14.7 Å². The van der Waals surface area contributed by atoms with Crippen LogP contribution in [0.2, 0.25) is 60.3 Å². The summed E-state index contributed by atoms with van der Waals surface area (Å²) in [5.74, 6) is -8.19. The first-order valence-electron chi connectivity index (χ1n) is 34.2. The first-order chi connectivity index (χ1) is 50.8. The van der Waals surface area contributed by atoms with Gasteiger partial charge in [-0.3, -0.25) is 57.9 Å². The fourth-order valence-corrected chi connectivity index (χ4v) is 23.8. The monoisotopic (exact) mass is 1700 g/mol. The van der Waals surface area contributed by atoms with Crippen molar-refractivity contribution in [2.45, 2.75) is 95.5 Å². The number of benzene rings is 6. The number of anilines is 6. The molecule has 0 aliphatic carbocycles. The van der Waals surface area contributed by atoms with Crippen molar-refractivity contribution in [2.24, 2.45) is 51.8 Å². The van der Waals surface area contributed by atoms with Gasteiger partial charge < -0.3 is 30.2 Å². The number of amides is 9. The van der Waals surface area contributed by atoms with Crippen molar-refractivity contribution in [1.82, 2.24) is 14.7 Å². The maximum absolute atomic E-state index is 14.2. The summed E-state index contributed by atoms with van der Waals surface area (Å²) in [5, 5.41) is 11.5. The molecule has 9 saturated heterocycles. The summed E-state index contributed by atoms with van der Waals surface area (Å²) in [6.07, 6.45) is 1.93. The summed E-state index contributed by atoms with van der Waals surface area (Å²) >= 11 is 76.6. The molecule has 18 rings (SSSR count). The Kier molecular flexibility index (Phi) is 18.1. The fraction of sp³-hybridized carbons (Fsp3) is 0.400. The summed E-state index contributed by atoms with van der Waals surface area (Å²) in [6.45, 7) is 14.1. The Morgan fingerprint density at radius 3 is 0.759 bits per heavy atom. The van der Waals surface area contributed by atoms with Crippen LogP contribution in [0.25, 0.3) is 0 Å². The van der Waals surface area contributed by atoms with Gasteiger partial charge in [-0.25, -0.2) is 14.7 Å². The summed E-state index contributed by atoms with van der Waals surface area (Å²) in [7, 11) is 4.28. The van der Waals surface area contributed by atoms with E-state index in [0.29, 0.717) is 87.7 Å². The first-order valence-corrected chi connectivity index (χ1v) is 38.8. The molecule has 33 heteroatoms. The molecule has 12 aliphatic rings. The van der Waals surface area contributed by atoms with E-state index in [9.17, 15) is 43.2 Å². The maximum Gasteiger partial charge on any atom is 0.250 e. The van der Waals surface area contributed by atoms with Crippen molar-refractivity contribution in [3.63, 3.8) is 0 Å². The molecule has 0 saturated carbocycles. The van der Waals surface area contributed by atoms with E-state index >= 15 is 0 Å². The van der Waals surface area contributed by atoms with Gasteiger partial charge in [-0.15, -0.1) is 0 Å². The van der Waals surface area contributed by atoms with Crippen LogP contribution >= 0.6 is 139 Å². The molecule has 6 aromatic rings. The summed E-state index contributed by atoms with van der Waals surface area (Å²) in [6, 6.07) is 17.5. The molecular weight excluding hydrogens is 1640 g/mol. The zero-order valence-corrected chi connectivity index (χ0v) is 67.6. The largest absolute Gasteiger partial charge is 0.494 e. The van der Waals surface area contributed by atoms with Crippen molar-refractivity contribution in [1.29, 1.82) is 0 Å². The average Bonchev–Trinajstić information content (AvgIpc) is 1.51. The average molecular weight is 1710 g/mol. The lowest BCUT2D eigenvalue weighted by Gasteiger charge is -2.37. The van der Waals surface area contributed by atoms with Crippen molar-refractivity contribution in [2.75, 3.05) is 71.6 Å². The van der Waals surface area contributed by atoms with Gasteiger partial charge in [-0.05, 0) is 108 Å². The Morgan fingerprint density at radius 1 is 0.324 bits per heavy atom. The van der Waals surface area contributed by atoms with Crippen LogP contribution in [0.5, 0.6) is 17.2 Å². The number of hydrogen-bond donors (Lipinski definition) is 3. The fourth-order valence-electron chi connectivity index (χ4n) is 20.3. The van der Waals surface area contributed by atoms with E-state index in [4.69, 9.17) is 153 Å². The number of hydrogen-bond acceptors (Lipinski definition) is 15. The Morgan fingerprint density at radius 2 is 0.546 bits per heavy atom. The Hall–Kier alpha value is -6.09. The standard InChI is InChI=1S/3C25H21Cl4N3O4/c3*1-24(2)8-16-17-18(22(34)32(21(17)33)11-6-14(28)20(36-3)15(29)7-11)25(31(16)9-24)12-4-10(26)5-13(27)19(12)30-23(25)35/h3*4-7,16-18H,8-9H2,1-3H3,(H,30,35). The molecule has 21 nitrogen and oxygen atoms in total. The molecule has 3 spiro atoms. The van der Waals surface area contributed by atoms with Crippen LogP contribution in [0.3, 0.4) is 0 Å². The normalized spacial score (nSPS) is 30.1. The first kappa shape index (κ1) is 75.9. The van der Waals surface area contributed by atoms with Gasteiger partial charge in [0.1, 0.15) is 16.6 Å². The number of fused-ring (bicyclic) bond motifs is 21. The van der Waals surface area contributed by atoms with Crippen molar-refractivity contribution in [3.05, 3.63) is 150 Å². The van der Waals surface area contributed by atoms with Crippen LogP contribution in [0.15, 0.2) is 72.8 Å². The SMILES string of the molecule is COc1c(Cl)cc(N2C(=O)C3C4CC(C)(C)CN4C4(C(=O)Nc5c(Cl)cc(Cl)cc54)C3C2=O)cc1Cl.COc1c(Cl)cc(N2C(=O)C3C4CC(C)(C)CN4C4(C(=O)Nc5c(Cl)cc(Cl)cc54)C3C2=O)cc1Cl.COc1c(Cl)cc(N2C(=O)C3C4CC(C)(C)CN4C4(C(=O)Nc5c(Cl)cc(Cl)cc54)C3C2=O)cc1Cl. The topological polar surface area (TPSA) is 237 Å². The summed E-state index contributed by atoms with van der Waals surface area (Å²) in [5.41, 5.74) is -1.29. The van der Waals surface area contributed by atoms with Gasteiger partial charge in [0.05, 0.1) is 136 Å². The number of rotatable bonds is 6. The number of methoxy groups -OCH3 is 3. The van der Waals surface area contributed by atoms with Gasteiger partial charge in [0, 0.05) is 69.5 Å². The van der Waals surface area contributed by atoms with Gasteiger partial charge in [-0.1, -0.05) is 181 Å². The summed E-state index contributed by atoms with van der Waals surface area (Å²) in [4.78, 5) is 136. The minimum atomic E-state index is -1.42. The van der Waals surface area contributed by atoms with Crippen LogP contribution in [-0.4, -0.2) is 127 Å². The van der Waals surface area contributed by atoms with E-state index < -0.39 is 69.8 Å². The Bertz CT molecular complexity index is 4610. The second kappa shape index (κ2) is 25.7. The molecule has 12 unspecified atom stereocenters. The zero-order valence-electron chi connectivity index (χ0n) is 58.5. The highest BCUT2D eigenvalue weighted by molar-refractivity contribution is 6.43. The van der Waals surface area contributed by atoms with E-state index in [1.54, 1.807) is 36.4 Å². The number of halogens is 12. The predicted molar refractivity (Wildman–Crippen MR) is 414 cm³/mol. The minimum absolute atomic E-state index is 0.165. The molecule has 6 aromatic carbocycles. The number of carbonyl (C=O) groups is 9. The van der Waals surface area contributed by atoms with E-state index in [0.717, 1.165) is 14.7 Å². The predicted octanol–water partition coefficient (Wildman–Crippen LogP) is 16.1. The van der Waals surface area contributed by atoms with E-state index in [2.05, 4.69) is 57.5 Å². The lowest BCUT2D eigenvalue weighted by atomic mass is 9.73. The molecule has 9 amide bonds. The highest BCUT2D eigenvalue weighted by Gasteiger charge is 2.80. The maximum atomic E-state index is 14.2. The van der Waals surface area contributed by atoms with Crippen LogP contribution in [0, 0.1) is 51.8 Å². The van der Waals surface area contributed by atoms with Crippen molar-refractivity contribution in [3.8, 4) is 17.2 Å². The third-order valence-corrected chi connectivity index (χ3v) is 27.0. The highest BCUT2D eigenvalue weighted by atomic mass is 35.5. The highest BCUT2D eigenvalue weighted by Crippen LogP contribution is 2.68. The van der Waals surface area contributed by atoms with Crippen molar-refractivity contribution >= 4 is 227 Å². The molecule has 3 N–H and O–H groups in total. The number of carbonyl (C=O) groups excluding carboxylic acids is 9. The molecule has 12 aliphatic heterocycles. The van der Waals surface area contributed by atoms with Gasteiger partial charge in [0.2, 0.25) is 35.4 Å². The number of nitrogens with zero attached hydrogens (tertiary/aromatic N) is 6. The zero-order chi connectivity index (χ0) is 77.7. The quantitative estimate of drug-likeness (QED) is 0.131. The number of nitrogens with one attached hydrogen (secondary N) is 3. The Balaban J connectivity index is 0.000000124. The second-order valence-corrected chi connectivity index (χ2v) is 36.6. The molecule has 9 fully saturated rings. The number of imide groups is 3. The molecule has 108 heavy (non-hydrogen) atoms.